The van der Waals surface area contributed by atoms with Gasteiger partial charge in [0.15, 0.2) is 0 Å². The molecule has 1 rings (SSSR count). The minimum atomic E-state index is -0.139. The van der Waals surface area contributed by atoms with Crippen molar-refractivity contribution in [2.75, 3.05) is 11.1 Å². The van der Waals surface area contributed by atoms with Gasteiger partial charge in [-0.15, -0.1) is 0 Å². The van der Waals surface area contributed by atoms with Gasteiger partial charge >= 0.3 is 0 Å². The molecule has 1 heterocycles. The molecule has 0 aliphatic heterocycles. The van der Waals surface area contributed by atoms with Gasteiger partial charge in [-0.25, -0.2) is 4.98 Å². The average molecular weight is 193 g/mol. The van der Waals surface area contributed by atoms with Crippen LogP contribution in [0, 0.1) is 0 Å². The summed E-state index contributed by atoms with van der Waals surface area (Å²) >= 11 is 0. The molecule has 0 aliphatic carbocycles. The van der Waals surface area contributed by atoms with Gasteiger partial charge in [-0.2, -0.15) is 0 Å². The second kappa shape index (κ2) is 4.60. The summed E-state index contributed by atoms with van der Waals surface area (Å²) in [5, 5.41) is 2.58. The summed E-state index contributed by atoms with van der Waals surface area (Å²) in [4.78, 5) is 14.8. The Balaban J connectivity index is 2.83. The summed E-state index contributed by atoms with van der Waals surface area (Å²) in [6.07, 6.45) is 3.66. The lowest BCUT2D eigenvalue weighted by molar-refractivity contribution is -0.114. The van der Waals surface area contributed by atoms with Crippen LogP contribution in [0.25, 0.3) is 0 Å². The van der Waals surface area contributed by atoms with Gasteiger partial charge in [0.2, 0.25) is 5.91 Å². The number of hydrogen-bond acceptors (Lipinski definition) is 3. The monoisotopic (exact) mass is 193 g/mol. The molecule has 0 bridgehead atoms. The Bertz CT molecular complexity index is 336. The number of pyridine rings is 1. The Kier molecular flexibility index (Phi) is 3.45. The van der Waals surface area contributed by atoms with Crippen molar-refractivity contribution in [2.24, 2.45) is 0 Å². The minimum Gasteiger partial charge on any atom is -0.398 e. The van der Waals surface area contributed by atoms with Gasteiger partial charge in [-0.3, -0.25) is 4.79 Å². The standard InChI is InChI=1S/C10H15N3O/c1-3-4-8-6-12-10(5-9(8)11)13-7(2)14/h5-6H,3-4H2,1-2H3,(H3,11,12,13,14). The van der Waals surface area contributed by atoms with E-state index < -0.39 is 0 Å². The maximum atomic E-state index is 10.7. The number of nitrogens with one attached hydrogen (secondary N) is 1. The molecule has 0 saturated carbocycles. The third kappa shape index (κ3) is 2.73. The van der Waals surface area contributed by atoms with Crippen LogP contribution in [0.4, 0.5) is 11.5 Å². The number of aromatic nitrogens is 1. The maximum absolute atomic E-state index is 10.7. The van der Waals surface area contributed by atoms with E-state index in [1.54, 1.807) is 12.3 Å². The number of amides is 1. The van der Waals surface area contributed by atoms with Gasteiger partial charge in [0.1, 0.15) is 5.82 Å². The van der Waals surface area contributed by atoms with E-state index in [0.29, 0.717) is 11.5 Å². The molecule has 4 heteroatoms. The fourth-order valence-electron chi connectivity index (χ4n) is 1.23. The van der Waals surface area contributed by atoms with E-state index in [2.05, 4.69) is 17.2 Å². The molecule has 0 saturated heterocycles. The molecule has 0 aromatic carbocycles. The Hall–Kier alpha value is -1.58. The third-order valence-corrected chi connectivity index (χ3v) is 1.85. The van der Waals surface area contributed by atoms with E-state index in [0.717, 1.165) is 18.4 Å². The van der Waals surface area contributed by atoms with E-state index in [9.17, 15) is 4.79 Å². The number of nitrogens with two attached hydrogens (primary N) is 1. The molecule has 76 valence electrons. The summed E-state index contributed by atoms with van der Waals surface area (Å²) in [6.45, 7) is 3.53. The topological polar surface area (TPSA) is 68.0 Å². The number of aryl methyl sites for hydroxylation is 1. The summed E-state index contributed by atoms with van der Waals surface area (Å²) < 4.78 is 0. The number of hydrogen-bond donors (Lipinski definition) is 2. The highest BCUT2D eigenvalue weighted by atomic mass is 16.1. The molecule has 1 amide bonds. The number of anilines is 2. The second-order valence-electron chi connectivity index (χ2n) is 3.20. The van der Waals surface area contributed by atoms with Crippen molar-refractivity contribution in [3.8, 4) is 0 Å². The molecule has 0 radical (unpaired) electrons. The van der Waals surface area contributed by atoms with Gasteiger partial charge in [0.25, 0.3) is 0 Å². The molecular weight excluding hydrogens is 178 g/mol. The summed E-state index contributed by atoms with van der Waals surface area (Å²) in [5.41, 5.74) is 7.51. The SMILES string of the molecule is CCCc1cnc(NC(C)=O)cc1N. The summed E-state index contributed by atoms with van der Waals surface area (Å²) in [5.74, 6) is 0.370. The predicted octanol–water partition coefficient (Wildman–Crippen LogP) is 1.57. The van der Waals surface area contributed by atoms with Crippen LogP contribution in [0.15, 0.2) is 12.3 Å². The van der Waals surface area contributed by atoms with Crippen LogP contribution in [-0.4, -0.2) is 10.9 Å². The molecule has 1 aromatic heterocycles. The van der Waals surface area contributed by atoms with Gasteiger partial charge < -0.3 is 11.1 Å². The van der Waals surface area contributed by atoms with Crippen LogP contribution in [-0.2, 0) is 11.2 Å². The van der Waals surface area contributed by atoms with Crippen LogP contribution in [0.5, 0.6) is 0 Å². The van der Waals surface area contributed by atoms with Gasteiger partial charge in [0.05, 0.1) is 0 Å². The van der Waals surface area contributed by atoms with Crippen molar-refractivity contribution >= 4 is 17.4 Å². The first-order chi connectivity index (χ1) is 6.63. The second-order valence-corrected chi connectivity index (χ2v) is 3.20. The molecule has 0 fully saturated rings. The van der Waals surface area contributed by atoms with Gasteiger partial charge in [0, 0.05) is 24.9 Å². The predicted molar refractivity (Wildman–Crippen MR) is 56.9 cm³/mol. The number of nitrogen functional groups attached to an aromatic ring is 1. The Morgan fingerprint density at radius 1 is 1.64 bits per heavy atom. The number of rotatable bonds is 3. The fraction of sp³-hybridized carbons (Fsp3) is 0.400. The zero-order valence-electron chi connectivity index (χ0n) is 8.50. The van der Waals surface area contributed by atoms with E-state index >= 15 is 0 Å². The smallest absolute Gasteiger partial charge is 0.222 e. The Labute approximate surface area is 83.5 Å². The first-order valence-corrected chi connectivity index (χ1v) is 4.65. The maximum Gasteiger partial charge on any atom is 0.222 e. The highest BCUT2D eigenvalue weighted by Gasteiger charge is 2.02. The largest absolute Gasteiger partial charge is 0.398 e. The molecule has 0 atom stereocenters. The quantitative estimate of drug-likeness (QED) is 0.765. The van der Waals surface area contributed by atoms with Crippen molar-refractivity contribution in [2.45, 2.75) is 26.7 Å². The number of carbonyl (C=O) groups excluding carboxylic acids is 1. The molecule has 14 heavy (non-hydrogen) atoms. The highest BCUT2D eigenvalue weighted by Crippen LogP contribution is 2.16. The highest BCUT2D eigenvalue weighted by molar-refractivity contribution is 5.88. The number of nitrogens with zero attached hydrogens (tertiary/aromatic N) is 1. The van der Waals surface area contributed by atoms with Crippen LogP contribution < -0.4 is 11.1 Å². The fourth-order valence-corrected chi connectivity index (χ4v) is 1.23. The summed E-state index contributed by atoms with van der Waals surface area (Å²) in [7, 11) is 0. The van der Waals surface area contributed by atoms with Crippen LogP contribution in [0.1, 0.15) is 25.8 Å². The zero-order chi connectivity index (χ0) is 10.6. The van der Waals surface area contributed by atoms with Crippen molar-refractivity contribution in [1.82, 2.24) is 4.98 Å². The van der Waals surface area contributed by atoms with Crippen molar-refractivity contribution in [1.29, 1.82) is 0 Å². The van der Waals surface area contributed by atoms with E-state index in [1.165, 1.54) is 6.92 Å². The normalized spacial score (nSPS) is 9.86. The average Bonchev–Trinajstić information content (AvgIpc) is 2.09. The Morgan fingerprint density at radius 2 is 2.36 bits per heavy atom. The van der Waals surface area contributed by atoms with Gasteiger partial charge in [-0.1, -0.05) is 13.3 Å². The van der Waals surface area contributed by atoms with E-state index in [4.69, 9.17) is 5.73 Å². The van der Waals surface area contributed by atoms with Crippen LogP contribution >= 0.6 is 0 Å². The number of carbonyl (C=O) groups is 1. The zero-order valence-corrected chi connectivity index (χ0v) is 8.50. The van der Waals surface area contributed by atoms with E-state index in [-0.39, 0.29) is 5.91 Å². The van der Waals surface area contributed by atoms with Gasteiger partial charge in [-0.05, 0) is 12.0 Å². The van der Waals surface area contributed by atoms with E-state index in [1.807, 2.05) is 0 Å². The first-order valence-electron chi connectivity index (χ1n) is 4.65. The third-order valence-electron chi connectivity index (χ3n) is 1.85. The Morgan fingerprint density at radius 3 is 2.86 bits per heavy atom. The molecular formula is C10H15N3O. The lowest BCUT2D eigenvalue weighted by atomic mass is 10.1. The lowest BCUT2D eigenvalue weighted by Crippen LogP contribution is -2.08. The van der Waals surface area contributed by atoms with Crippen LogP contribution in [0.3, 0.4) is 0 Å². The molecule has 0 aliphatic rings. The molecule has 1 aromatic rings. The van der Waals surface area contributed by atoms with Crippen molar-refractivity contribution < 1.29 is 4.79 Å². The first kappa shape index (κ1) is 10.5. The lowest BCUT2D eigenvalue weighted by Gasteiger charge is -2.06. The molecule has 0 spiro atoms. The molecule has 4 nitrogen and oxygen atoms in total. The molecule has 0 unspecified atom stereocenters. The minimum absolute atomic E-state index is 0.139. The summed E-state index contributed by atoms with van der Waals surface area (Å²) in [6, 6.07) is 1.69. The van der Waals surface area contributed by atoms with Crippen molar-refractivity contribution in [3.05, 3.63) is 17.8 Å². The molecule has 3 N–H and O–H groups in total. The van der Waals surface area contributed by atoms with Crippen LogP contribution in [0.2, 0.25) is 0 Å². The van der Waals surface area contributed by atoms with Crippen molar-refractivity contribution in [3.63, 3.8) is 0 Å².